The number of rotatable bonds is 4. The molecule has 5 heteroatoms. The summed E-state index contributed by atoms with van der Waals surface area (Å²) in [5, 5.41) is 3.31. The van der Waals surface area contributed by atoms with Crippen molar-refractivity contribution in [3.05, 3.63) is 46.5 Å². The molecule has 0 bridgehead atoms. The van der Waals surface area contributed by atoms with Crippen LogP contribution in [0.25, 0.3) is 0 Å². The summed E-state index contributed by atoms with van der Waals surface area (Å²) in [4.78, 5) is 9.28. The van der Waals surface area contributed by atoms with Crippen LogP contribution in [-0.2, 0) is 19.5 Å². The Labute approximate surface area is 124 Å². The maximum absolute atomic E-state index is 5.34. The van der Waals surface area contributed by atoms with E-state index in [1.165, 1.54) is 5.56 Å². The minimum atomic E-state index is 0.689. The SMILES string of the molecule is COc1ccc(Cc2nc(C)c3c(n2)CNC3)cc1OC. The van der Waals surface area contributed by atoms with E-state index in [2.05, 4.69) is 15.3 Å². The molecule has 0 spiro atoms. The second-order valence-electron chi connectivity index (χ2n) is 5.12. The number of nitrogens with zero attached hydrogens (tertiary/aromatic N) is 2. The van der Waals surface area contributed by atoms with Gasteiger partial charge in [-0.2, -0.15) is 0 Å². The van der Waals surface area contributed by atoms with E-state index in [0.29, 0.717) is 6.42 Å². The van der Waals surface area contributed by atoms with Gasteiger partial charge in [0.2, 0.25) is 0 Å². The van der Waals surface area contributed by atoms with Gasteiger partial charge in [0.25, 0.3) is 0 Å². The van der Waals surface area contributed by atoms with Gasteiger partial charge in [-0.3, -0.25) is 0 Å². The van der Waals surface area contributed by atoms with E-state index in [0.717, 1.165) is 47.4 Å². The first-order valence-corrected chi connectivity index (χ1v) is 6.98. The minimum absolute atomic E-state index is 0.689. The summed E-state index contributed by atoms with van der Waals surface area (Å²) in [5.41, 5.74) is 4.54. The van der Waals surface area contributed by atoms with Crippen LogP contribution in [0.1, 0.15) is 28.3 Å². The van der Waals surface area contributed by atoms with Crippen LogP contribution in [-0.4, -0.2) is 24.2 Å². The fourth-order valence-corrected chi connectivity index (χ4v) is 2.65. The minimum Gasteiger partial charge on any atom is -0.493 e. The molecule has 5 nitrogen and oxygen atoms in total. The molecule has 2 heterocycles. The first kappa shape index (κ1) is 13.8. The average molecular weight is 285 g/mol. The summed E-state index contributed by atoms with van der Waals surface area (Å²) in [6, 6.07) is 5.91. The zero-order valence-electron chi connectivity index (χ0n) is 12.6. The number of aromatic nitrogens is 2. The molecule has 0 saturated heterocycles. The van der Waals surface area contributed by atoms with Gasteiger partial charge in [0.05, 0.1) is 19.9 Å². The maximum Gasteiger partial charge on any atom is 0.161 e. The quantitative estimate of drug-likeness (QED) is 0.931. The Bertz CT molecular complexity index is 671. The largest absolute Gasteiger partial charge is 0.493 e. The summed E-state index contributed by atoms with van der Waals surface area (Å²) in [5.74, 6) is 2.31. The van der Waals surface area contributed by atoms with E-state index in [4.69, 9.17) is 9.47 Å². The third-order valence-corrected chi connectivity index (χ3v) is 3.75. The van der Waals surface area contributed by atoms with Crippen molar-refractivity contribution in [1.29, 1.82) is 0 Å². The number of benzene rings is 1. The van der Waals surface area contributed by atoms with Crippen molar-refractivity contribution in [2.45, 2.75) is 26.4 Å². The Morgan fingerprint density at radius 3 is 2.67 bits per heavy atom. The maximum atomic E-state index is 5.34. The lowest BCUT2D eigenvalue weighted by atomic mass is 10.1. The number of methoxy groups -OCH3 is 2. The zero-order chi connectivity index (χ0) is 14.8. The summed E-state index contributed by atoms with van der Waals surface area (Å²) < 4.78 is 10.6. The summed E-state index contributed by atoms with van der Waals surface area (Å²) in [6.07, 6.45) is 0.689. The first-order chi connectivity index (χ1) is 10.2. The number of aryl methyl sites for hydroxylation is 1. The average Bonchev–Trinajstić information content (AvgIpc) is 2.96. The lowest BCUT2D eigenvalue weighted by Gasteiger charge is -2.10. The van der Waals surface area contributed by atoms with Gasteiger partial charge in [0, 0.05) is 30.8 Å². The molecule has 1 N–H and O–H groups in total. The van der Waals surface area contributed by atoms with Crippen LogP contribution in [0.5, 0.6) is 11.5 Å². The molecule has 110 valence electrons. The van der Waals surface area contributed by atoms with Crippen molar-refractivity contribution >= 4 is 0 Å². The van der Waals surface area contributed by atoms with E-state index in [9.17, 15) is 0 Å². The Morgan fingerprint density at radius 2 is 1.90 bits per heavy atom. The van der Waals surface area contributed by atoms with Gasteiger partial charge in [-0.25, -0.2) is 9.97 Å². The number of hydrogen-bond donors (Lipinski definition) is 1. The Morgan fingerprint density at radius 1 is 1.10 bits per heavy atom. The predicted molar refractivity (Wildman–Crippen MR) is 79.7 cm³/mol. The van der Waals surface area contributed by atoms with Crippen LogP contribution in [0.2, 0.25) is 0 Å². The van der Waals surface area contributed by atoms with Crippen molar-refractivity contribution in [2.75, 3.05) is 14.2 Å². The van der Waals surface area contributed by atoms with Gasteiger partial charge in [-0.1, -0.05) is 6.07 Å². The van der Waals surface area contributed by atoms with Crippen molar-refractivity contribution < 1.29 is 9.47 Å². The monoisotopic (exact) mass is 285 g/mol. The molecule has 3 rings (SSSR count). The molecule has 1 aliphatic heterocycles. The van der Waals surface area contributed by atoms with Crippen LogP contribution >= 0.6 is 0 Å². The highest BCUT2D eigenvalue weighted by Crippen LogP contribution is 2.28. The molecule has 21 heavy (non-hydrogen) atoms. The summed E-state index contributed by atoms with van der Waals surface area (Å²) in [6.45, 7) is 3.75. The molecular formula is C16H19N3O2. The van der Waals surface area contributed by atoms with Gasteiger partial charge in [0.15, 0.2) is 11.5 Å². The molecule has 2 aromatic rings. The number of nitrogens with one attached hydrogen (secondary N) is 1. The van der Waals surface area contributed by atoms with Crippen molar-refractivity contribution in [3.63, 3.8) is 0 Å². The second-order valence-corrected chi connectivity index (χ2v) is 5.12. The standard InChI is InChI=1S/C16H19N3O2/c1-10-12-8-17-9-13(12)19-16(18-10)7-11-4-5-14(20-2)15(6-11)21-3/h4-6,17H,7-9H2,1-3H3. The lowest BCUT2D eigenvalue weighted by Crippen LogP contribution is -2.04. The van der Waals surface area contributed by atoms with Crippen LogP contribution < -0.4 is 14.8 Å². The number of fused-ring (bicyclic) bond motifs is 1. The van der Waals surface area contributed by atoms with Crippen molar-refractivity contribution in [1.82, 2.24) is 15.3 Å². The Hall–Kier alpha value is -2.14. The highest BCUT2D eigenvalue weighted by Gasteiger charge is 2.16. The van der Waals surface area contributed by atoms with Gasteiger partial charge >= 0.3 is 0 Å². The molecule has 0 unspecified atom stereocenters. The lowest BCUT2D eigenvalue weighted by molar-refractivity contribution is 0.354. The normalized spacial score (nSPS) is 13.1. The van der Waals surface area contributed by atoms with Crippen LogP contribution in [0.4, 0.5) is 0 Å². The highest BCUT2D eigenvalue weighted by atomic mass is 16.5. The second kappa shape index (κ2) is 5.69. The third kappa shape index (κ3) is 2.69. The number of ether oxygens (including phenoxy) is 2. The highest BCUT2D eigenvalue weighted by molar-refractivity contribution is 5.43. The van der Waals surface area contributed by atoms with Crippen LogP contribution in [0.3, 0.4) is 0 Å². The molecule has 0 radical (unpaired) electrons. The van der Waals surface area contributed by atoms with Crippen LogP contribution in [0.15, 0.2) is 18.2 Å². The molecule has 0 fully saturated rings. The molecule has 1 aliphatic rings. The molecular weight excluding hydrogens is 266 g/mol. The fraction of sp³-hybridized carbons (Fsp3) is 0.375. The van der Waals surface area contributed by atoms with Crippen molar-refractivity contribution in [3.8, 4) is 11.5 Å². The molecule has 0 atom stereocenters. The predicted octanol–water partition coefficient (Wildman–Crippen LogP) is 2.00. The van der Waals surface area contributed by atoms with E-state index in [1.54, 1.807) is 14.2 Å². The smallest absolute Gasteiger partial charge is 0.161 e. The molecule has 0 amide bonds. The third-order valence-electron chi connectivity index (χ3n) is 3.75. The van der Waals surface area contributed by atoms with Crippen LogP contribution in [0, 0.1) is 6.92 Å². The topological polar surface area (TPSA) is 56.3 Å². The zero-order valence-corrected chi connectivity index (χ0v) is 12.6. The summed E-state index contributed by atoms with van der Waals surface area (Å²) in [7, 11) is 3.28. The number of hydrogen-bond acceptors (Lipinski definition) is 5. The summed E-state index contributed by atoms with van der Waals surface area (Å²) >= 11 is 0. The Kier molecular flexibility index (Phi) is 3.75. The Balaban J connectivity index is 1.88. The van der Waals surface area contributed by atoms with E-state index in [1.807, 2.05) is 25.1 Å². The van der Waals surface area contributed by atoms with Gasteiger partial charge < -0.3 is 14.8 Å². The van der Waals surface area contributed by atoms with E-state index < -0.39 is 0 Å². The fourth-order valence-electron chi connectivity index (χ4n) is 2.65. The van der Waals surface area contributed by atoms with Crippen molar-refractivity contribution in [2.24, 2.45) is 0 Å². The molecule has 0 aliphatic carbocycles. The molecule has 1 aromatic carbocycles. The van der Waals surface area contributed by atoms with Gasteiger partial charge in [-0.15, -0.1) is 0 Å². The first-order valence-electron chi connectivity index (χ1n) is 6.98. The van der Waals surface area contributed by atoms with E-state index >= 15 is 0 Å². The molecule has 1 aromatic heterocycles. The van der Waals surface area contributed by atoms with Gasteiger partial charge in [0.1, 0.15) is 5.82 Å². The van der Waals surface area contributed by atoms with E-state index in [-0.39, 0.29) is 0 Å². The van der Waals surface area contributed by atoms with Gasteiger partial charge in [-0.05, 0) is 24.6 Å². The molecule has 0 saturated carbocycles.